The summed E-state index contributed by atoms with van der Waals surface area (Å²) in [6.45, 7) is 6.54. The van der Waals surface area contributed by atoms with Gasteiger partial charge >= 0.3 is 0 Å². The summed E-state index contributed by atoms with van der Waals surface area (Å²) in [4.78, 5) is 2.35. The predicted molar refractivity (Wildman–Crippen MR) is 82.1 cm³/mol. The molecule has 104 valence electrons. The predicted octanol–water partition coefficient (Wildman–Crippen LogP) is 3.33. The van der Waals surface area contributed by atoms with Crippen LogP contribution in [0.4, 0.5) is 10.1 Å². The van der Waals surface area contributed by atoms with Gasteiger partial charge in [-0.15, -0.1) is 0 Å². The lowest BCUT2D eigenvalue weighted by Crippen LogP contribution is -2.35. The summed E-state index contributed by atoms with van der Waals surface area (Å²) in [5, 5.41) is 0. The summed E-state index contributed by atoms with van der Waals surface area (Å²) in [6.07, 6.45) is 2.35. The fourth-order valence-electron chi connectivity index (χ4n) is 2.72. The molecule has 0 unspecified atom stereocenters. The monoisotopic (exact) mass is 280 g/mol. The number of halogens is 1. The van der Waals surface area contributed by atoms with Crippen LogP contribution in [0.5, 0.6) is 0 Å². The number of hydrogen-bond acceptors (Lipinski definition) is 2. The minimum Gasteiger partial charge on any atom is -0.389 e. The van der Waals surface area contributed by atoms with Crippen molar-refractivity contribution in [3.05, 3.63) is 29.6 Å². The first-order chi connectivity index (χ1) is 8.99. The van der Waals surface area contributed by atoms with E-state index < -0.39 is 0 Å². The zero-order valence-electron chi connectivity index (χ0n) is 11.5. The highest BCUT2D eigenvalue weighted by Crippen LogP contribution is 2.28. The van der Waals surface area contributed by atoms with E-state index in [1.54, 1.807) is 12.1 Å². The highest BCUT2D eigenvalue weighted by molar-refractivity contribution is 7.80. The molecule has 0 aliphatic carbocycles. The minimum absolute atomic E-state index is 0.113. The van der Waals surface area contributed by atoms with E-state index >= 15 is 0 Å². The summed E-state index contributed by atoms with van der Waals surface area (Å²) in [5.41, 5.74) is 6.73. The molecule has 0 spiro atoms. The van der Waals surface area contributed by atoms with Crippen molar-refractivity contribution in [1.29, 1.82) is 0 Å². The third-order valence-electron chi connectivity index (χ3n) is 4.07. The fourth-order valence-corrected chi connectivity index (χ4v) is 2.89. The first kappa shape index (κ1) is 14.3. The van der Waals surface area contributed by atoms with Crippen LogP contribution in [0.2, 0.25) is 0 Å². The first-order valence-electron chi connectivity index (χ1n) is 6.83. The van der Waals surface area contributed by atoms with Gasteiger partial charge < -0.3 is 10.6 Å². The number of nitrogens with zero attached hydrogens (tertiary/aromatic N) is 1. The van der Waals surface area contributed by atoms with Crippen LogP contribution in [-0.2, 0) is 0 Å². The molecule has 1 aromatic rings. The molecule has 19 heavy (non-hydrogen) atoms. The molecule has 2 rings (SSSR count). The van der Waals surface area contributed by atoms with Gasteiger partial charge in [0, 0.05) is 24.3 Å². The van der Waals surface area contributed by atoms with Crippen molar-refractivity contribution in [3.63, 3.8) is 0 Å². The van der Waals surface area contributed by atoms with Gasteiger partial charge in [-0.05, 0) is 42.9 Å². The molecule has 0 amide bonds. The average molecular weight is 280 g/mol. The third kappa shape index (κ3) is 3.24. The summed E-state index contributed by atoms with van der Waals surface area (Å²) in [7, 11) is 0. The van der Waals surface area contributed by atoms with Crippen LogP contribution < -0.4 is 10.6 Å². The topological polar surface area (TPSA) is 29.3 Å². The van der Waals surface area contributed by atoms with Crippen LogP contribution >= 0.6 is 12.2 Å². The van der Waals surface area contributed by atoms with Crippen LogP contribution in [0.25, 0.3) is 0 Å². The molecule has 0 saturated carbocycles. The van der Waals surface area contributed by atoms with Gasteiger partial charge in [-0.25, -0.2) is 4.39 Å². The molecule has 1 aromatic carbocycles. The van der Waals surface area contributed by atoms with Crippen LogP contribution in [0.3, 0.4) is 0 Å². The lowest BCUT2D eigenvalue weighted by atomic mass is 9.86. The molecule has 1 heterocycles. The van der Waals surface area contributed by atoms with Crippen molar-refractivity contribution in [1.82, 2.24) is 0 Å². The Balaban J connectivity index is 2.08. The van der Waals surface area contributed by atoms with Gasteiger partial charge in [-0.3, -0.25) is 0 Å². The summed E-state index contributed by atoms with van der Waals surface area (Å²) in [6, 6.07) is 5.14. The van der Waals surface area contributed by atoms with Crippen LogP contribution in [-0.4, -0.2) is 18.1 Å². The molecule has 1 saturated heterocycles. The van der Waals surface area contributed by atoms with E-state index in [0.717, 1.165) is 30.6 Å². The molecule has 0 bridgehead atoms. The molecule has 1 aliphatic rings. The molecular weight excluding hydrogens is 259 g/mol. The molecule has 4 heteroatoms. The smallest absolute Gasteiger partial charge is 0.135 e. The SMILES string of the molecule is CC(C)C1CCN(c2ccc(C(N)=S)c(F)c2)CC1. The molecule has 2 N–H and O–H groups in total. The molecule has 2 nitrogen and oxygen atoms in total. The second kappa shape index (κ2) is 5.87. The van der Waals surface area contributed by atoms with Gasteiger partial charge in [0.2, 0.25) is 0 Å². The lowest BCUT2D eigenvalue weighted by Gasteiger charge is -2.35. The van der Waals surface area contributed by atoms with E-state index in [1.807, 2.05) is 6.07 Å². The summed E-state index contributed by atoms with van der Waals surface area (Å²) < 4.78 is 13.9. The average Bonchev–Trinajstić information content (AvgIpc) is 2.38. The highest BCUT2D eigenvalue weighted by Gasteiger charge is 2.22. The Kier molecular flexibility index (Phi) is 4.40. The second-order valence-corrected chi connectivity index (χ2v) is 6.04. The van der Waals surface area contributed by atoms with Crippen molar-refractivity contribution >= 4 is 22.9 Å². The highest BCUT2D eigenvalue weighted by atomic mass is 32.1. The number of anilines is 1. The molecule has 1 aliphatic heterocycles. The van der Waals surface area contributed by atoms with Crippen LogP contribution in [0.15, 0.2) is 18.2 Å². The molecule has 0 atom stereocenters. The lowest BCUT2D eigenvalue weighted by molar-refractivity contribution is 0.311. The quantitative estimate of drug-likeness (QED) is 0.861. The number of piperidine rings is 1. The number of nitrogens with two attached hydrogens (primary N) is 1. The molecule has 0 radical (unpaired) electrons. The second-order valence-electron chi connectivity index (χ2n) is 5.60. The van der Waals surface area contributed by atoms with E-state index in [0.29, 0.717) is 5.56 Å². The minimum atomic E-state index is -0.323. The van der Waals surface area contributed by atoms with E-state index in [4.69, 9.17) is 18.0 Å². The fraction of sp³-hybridized carbons (Fsp3) is 0.533. The van der Waals surface area contributed by atoms with E-state index in [1.165, 1.54) is 12.8 Å². The Labute approximate surface area is 119 Å². The van der Waals surface area contributed by atoms with Gasteiger partial charge in [-0.1, -0.05) is 26.1 Å². The van der Waals surface area contributed by atoms with Crippen LogP contribution in [0.1, 0.15) is 32.3 Å². The Bertz CT molecular complexity index is 465. The summed E-state index contributed by atoms with van der Waals surface area (Å²) in [5.74, 6) is 1.20. The Morgan fingerprint density at radius 1 is 1.37 bits per heavy atom. The third-order valence-corrected chi connectivity index (χ3v) is 4.29. The van der Waals surface area contributed by atoms with Crippen LogP contribution in [0, 0.1) is 17.7 Å². The van der Waals surface area contributed by atoms with Crippen molar-refractivity contribution in [2.24, 2.45) is 17.6 Å². The van der Waals surface area contributed by atoms with Gasteiger partial charge in [0.15, 0.2) is 0 Å². The zero-order chi connectivity index (χ0) is 14.0. The van der Waals surface area contributed by atoms with Gasteiger partial charge in [0.05, 0.1) is 0 Å². The van der Waals surface area contributed by atoms with E-state index in [9.17, 15) is 4.39 Å². The van der Waals surface area contributed by atoms with Gasteiger partial charge in [0.25, 0.3) is 0 Å². The Hall–Kier alpha value is -1.16. The van der Waals surface area contributed by atoms with Gasteiger partial charge in [-0.2, -0.15) is 0 Å². The standard InChI is InChI=1S/C15H21FN2S/c1-10(2)11-5-7-18(8-6-11)12-3-4-13(15(17)19)14(16)9-12/h3-4,9-11H,5-8H2,1-2H3,(H2,17,19). The van der Waals surface area contributed by atoms with Crippen molar-refractivity contribution in [2.45, 2.75) is 26.7 Å². The number of thiocarbonyl (C=S) groups is 1. The van der Waals surface area contributed by atoms with E-state index in [-0.39, 0.29) is 10.8 Å². The Morgan fingerprint density at radius 3 is 2.47 bits per heavy atom. The normalized spacial score (nSPS) is 16.9. The Morgan fingerprint density at radius 2 is 2.00 bits per heavy atom. The first-order valence-corrected chi connectivity index (χ1v) is 7.24. The van der Waals surface area contributed by atoms with Crippen molar-refractivity contribution < 1.29 is 4.39 Å². The van der Waals surface area contributed by atoms with Crippen molar-refractivity contribution in [3.8, 4) is 0 Å². The van der Waals surface area contributed by atoms with E-state index in [2.05, 4.69) is 18.7 Å². The number of benzene rings is 1. The number of hydrogen-bond donors (Lipinski definition) is 1. The van der Waals surface area contributed by atoms with Crippen molar-refractivity contribution in [2.75, 3.05) is 18.0 Å². The maximum absolute atomic E-state index is 13.9. The molecule has 0 aromatic heterocycles. The van der Waals surface area contributed by atoms with Gasteiger partial charge in [0.1, 0.15) is 10.8 Å². The number of rotatable bonds is 3. The molecule has 1 fully saturated rings. The summed E-state index contributed by atoms with van der Waals surface area (Å²) >= 11 is 4.82. The zero-order valence-corrected chi connectivity index (χ0v) is 12.3. The maximum atomic E-state index is 13.9. The largest absolute Gasteiger partial charge is 0.389 e. The maximum Gasteiger partial charge on any atom is 0.135 e. The molecular formula is C15H21FN2S.